The molecule has 0 fully saturated rings. The van der Waals surface area contributed by atoms with Crippen LogP contribution in [-0.2, 0) is 6.42 Å². The van der Waals surface area contributed by atoms with Gasteiger partial charge in [0.15, 0.2) is 0 Å². The number of benzene rings is 1. The Morgan fingerprint density at radius 1 is 1.35 bits per heavy atom. The molecule has 3 nitrogen and oxygen atoms in total. The van der Waals surface area contributed by atoms with Crippen LogP contribution in [0.4, 0.5) is 0 Å². The summed E-state index contributed by atoms with van der Waals surface area (Å²) in [6.45, 7) is 2.12. The van der Waals surface area contributed by atoms with E-state index in [0.717, 1.165) is 35.6 Å². The number of hydrogen-bond acceptors (Lipinski definition) is 2. The summed E-state index contributed by atoms with van der Waals surface area (Å²) in [7, 11) is 0. The van der Waals surface area contributed by atoms with Gasteiger partial charge in [0.05, 0.1) is 0 Å². The fourth-order valence-corrected chi connectivity index (χ4v) is 1.95. The molecule has 0 bridgehead atoms. The lowest BCUT2D eigenvalue weighted by Crippen LogP contribution is -2.12. The number of nitrogens with one attached hydrogen (secondary N) is 1. The monoisotopic (exact) mass is 245 g/mol. The van der Waals surface area contributed by atoms with Crippen molar-refractivity contribution in [1.29, 1.82) is 0 Å². The molecule has 0 aliphatic rings. The molecule has 0 aliphatic carbocycles. The van der Waals surface area contributed by atoms with Gasteiger partial charge in [-0.1, -0.05) is 55.9 Å². The molecule has 4 heteroatoms. The Morgan fingerprint density at radius 3 is 2.65 bits per heavy atom. The Balaban J connectivity index is 2.44. The predicted molar refractivity (Wildman–Crippen MR) is 73.9 cm³/mol. The van der Waals surface area contributed by atoms with Crippen LogP contribution in [0.3, 0.4) is 0 Å². The minimum atomic E-state index is 0.354. The van der Waals surface area contributed by atoms with Crippen LogP contribution < -0.4 is 5.73 Å². The molecule has 0 spiro atoms. The SMILES string of the molecule is CCCc1[nH]c(-c2ccccc2)nc1C(N)=S. The van der Waals surface area contributed by atoms with E-state index in [0.29, 0.717) is 4.99 Å². The summed E-state index contributed by atoms with van der Waals surface area (Å²) in [6.07, 6.45) is 1.94. The first-order valence-electron chi connectivity index (χ1n) is 5.66. The third-order valence-corrected chi connectivity index (χ3v) is 2.75. The maximum Gasteiger partial charge on any atom is 0.138 e. The maximum absolute atomic E-state index is 5.69. The fraction of sp³-hybridized carbons (Fsp3) is 0.231. The Hall–Kier alpha value is -1.68. The molecule has 0 aliphatic heterocycles. The molecule has 1 aromatic heterocycles. The maximum atomic E-state index is 5.69. The Bertz CT molecular complexity index is 517. The van der Waals surface area contributed by atoms with Crippen molar-refractivity contribution in [2.75, 3.05) is 0 Å². The lowest BCUT2D eigenvalue weighted by Gasteiger charge is -1.96. The molecule has 88 valence electrons. The molecular weight excluding hydrogens is 230 g/mol. The van der Waals surface area contributed by atoms with Gasteiger partial charge in [-0.25, -0.2) is 4.98 Å². The molecule has 17 heavy (non-hydrogen) atoms. The third-order valence-electron chi connectivity index (χ3n) is 2.56. The van der Waals surface area contributed by atoms with Gasteiger partial charge >= 0.3 is 0 Å². The lowest BCUT2D eigenvalue weighted by atomic mass is 10.2. The molecule has 0 amide bonds. The van der Waals surface area contributed by atoms with Gasteiger partial charge in [-0.2, -0.15) is 0 Å². The van der Waals surface area contributed by atoms with E-state index in [2.05, 4.69) is 16.9 Å². The van der Waals surface area contributed by atoms with Gasteiger partial charge in [0.2, 0.25) is 0 Å². The largest absolute Gasteiger partial charge is 0.388 e. The number of nitrogens with two attached hydrogens (primary N) is 1. The molecular formula is C13H15N3S. The smallest absolute Gasteiger partial charge is 0.138 e. The second-order valence-electron chi connectivity index (χ2n) is 3.89. The Morgan fingerprint density at radius 2 is 2.06 bits per heavy atom. The molecule has 0 saturated carbocycles. The van der Waals surface area contributed by atoms with E-state index >= 15 is 0 Å². The molecule has 2 aromatic rings. The van der Waals surface area contributed by atoms with Gasteiger partial charge in [-0.05, 0) is 6.42 Å². The van der Waals surface area contributed by atoms with Crippen molar-refractivity contribution in [2.45, 2.75) is 19.8 Å². The zero-order valence-electron chi connectivity index (χ0n) is 9.73. The number of rotatable bonds is 4. The second-order valence-corrected chi connectivity index (χ2v) is 4.33. The number of aromatic amines is 1. The standard InChI is InChI=1S/C13H15N3S/c1-2-6-10-11(12(14)17)16-13(15-10)9-7-4-3-5-8-9/h3-5,7-8H,2,6H2,1H3,(H2,14,17)(H,15,16). The number of hydrogen-bond donors (Lipinski definition) is 2. The van der Waals surface area contributed by atoms with E-state index < -0.39 is 0 Å². The molecule has 0 saturated heterocycles. The fourth-order valence-electron chi connectivity index (χ4n) is 1.78. The highest BCUT2D eigenvalue weighted by atomic mass is 32.1. The summed E-state index contributed by atoms with van der Waals surface area (Å²) < 4.78 is 0. The molecule has 0 unspecified atom stereocenters. The van der Waals surface area contributed by atoms with E-state index in [1.54, 1.807) is 0 Å². The van der Waals surface area contributed by atoms with Crippen molar-refractivity contribution in [3.63, 3.8) is 0 Å². The number of thiocarbonyl (C=S) groups is 1. The minimum absolute atomic E-state index is 0.354. The normalized spacial score (nSPS) is 10.4. The van der Waals surface area contributed by atoms with Crippen LogP contribution in [0.5, 0.6) is 0 Å². The zero-order valence-corrected chi connectivity index (χ0v) is 10.6. The Kier molecular flexibility index (Phi) is 3.54. The molecule has 1 heterocycles. The minimum Gasteiger partial charge on any atom is -0.388 e. The van der Waals surface area contributed by atoms with E-state index in [4.69, 9.17) is 18.0 Å². The first kappa shape index (κ1) is 11.8. The van der Waals surface area contributed by atoms with Crippen molar-refractivity contribution < 1.29 is 0 Å². The second kappa shape index (κ2) is 5.10. The highest BCUT2D eigenvalue weighted by Gasteiger charge is 2.12. The molecule has 3 N–H and O–H groups in total. The van der Waals surface area contributed by atoms with Crippen molar-refractivity contribution in [2.24, 2.45) is 5.73 Å². The molecule has 1 aromatic carbocycles. The van der Waals surface area contributed by atoms with Crippen LogP contribution in [0.2, 0.25) is 0 Å². The highest BCUT2D eigenvalue weighted by Crippen LogP contribution is 2.18. The molecule has 0 atom stereocenters. The van der Waals surface area contributed by atoms with Crippen LogP contribution in [-0.4, -0.2) is 15.0 Å². The number of imidazole rings is 1. The van der Waals surface area contributed by atoms with Gasteiger partial charge < -0.3 is 10.7 Å². The summed E-state index contributed by atoms with van der Waals surface area (Å²) in [5.74, 6) is 0.830. The average Bonchev–Trinajstić information content (AvgIpc) is 2.75. The quantitative estimate of drug-likeness (QED) is 0.814. The number of nitrogens with zero attached hydrogens (tertiary/aromatic N) is 1. The Labute approximate surface area is 106 Å². The number of aromatic nitrogens is 2. The van der Waals surface area contributed by atoms with Crippen molar-refractivity contribution in [3.8, 4) is 11.4 Å². The van der Waals surface area contributed by atoms with Gasteiger partial charge in [0.25, 0.3) is 0 Å². The van der Waals surface area contributed by atoms with Gasteiger partial charge in [-0.3, -0.25) is 0 Å². The van der Waals surface area contributed by atoms with Gasteiger partial charge in [0, 0.05) is 11.3 Å². The van der Waals surface area contributed by atoms with E-state index in [1.807, 2.05) is 30.3 Å². The zero-order chi connectivity index (χ0) is 12.3. The topological polar surface area (TPSA) is 54.7 Å². The van der Waals surface area contributed by atoms with Crippen LogP contribution in [0.25, 0.3) is 11.4 Å². The first-order chi connectivity index (χ1) is 8.22. The van der Waals surface area contributed by atoms with Crippen LogP contribution in [0, 0.1) is 0 Å². The summed E-state index contributed by atoms with van der Waals surface area (Å²) >= 11 is 5.02. The van der Waals surface area contributed by atoms with E-state index in [-0.39, 0.29) is 0 Å². The summed E-state index contributed by atoms with van der Waals surface area (Å²) in [5, 5.41) is 0. The lowest BCUT2D eigenvalue weighted by molar-refractivity contribution is 0.890. The van der Waals surface area contributed by atoms with Crippen molar-refractivity contribution in [1.82, 2.24) is 9.97 Å². The van der Waals surface area contributed by atoms with E-state index in [1.165, 1.54) is 0 Å². The molecule has 2 rings (SSSR count). The van der Waals surface area contributed by atoms with Crippen molar-refractivity contribution >= 4 is 17.2 Å². The highest BCUT2D eigenvalue weighted by molar-refractivity contribution is 7.80. The predicted octanol–water partition coefficient (Wildman–Crippen LogP) is 2.66. The van der Waals surface area contributed by atoms with E-state index in [9.17, 15) is 0 Å². The number of aryl methyl sites for hydroxylation is 1. The van der Waals surface area contributed by atoms with Crippen LogP contribution >= 0.6 is 12.2 Å². The summed E-state index contributed by atoms with van der Waals surface area (Å²) in [6, 6.07) is 9.97. The average molecular weight is 245 g/mol. The first-order valence-corrected chi connectivity index (χ1v) is 6.07. The molecule has 0 radical (unpaired) electrons. The summed E-state index contributed by atoms with van der Waals surface area (Å²) in [4.78, 5) is 8.13. The number of H-pyrrole nitrogens is 1. The summed E-state index contributed by atoms with van der Waals surface area (Å²) in [5.41, 5.74) is 8.48. The van der Waals surface area contributed by atoms with Crippen LogP contribution in [0.1, 0.15) is 24.7 Å². The van der Waals surface area contributed by atoms with Crippen molar-refractivity contribution in [3.05, 3.63) is 41.7 Å². The van der Waals surface area contributed by atoms with Gasteiger partial charge in [-0.15, -0.1) is 0 Å². The van der Waals surface area contributed by atoms with Gasteiger partial charge in [0.1, 0.15) is 16.5 Å². The van der Waals surface area contributed by atoms with Crippen LogP contribution in [0.15, 0.2) is 30.3 Å². The third kappa shape index (κ3) is 2.53.